The second-order valence-corrected chi connectivity index (χ2v) is 7.83. The summed E-state index contributed by atoms with van der Waals surface area (Å²) in [4.78, 5) is 27.8. The van der Waals surface area contributed by atoms with Gasteiger partial charge in [0.25, 0.3) is 0 Å². The van der Waals surface area contributed by atoms with Crippen LogP contribution in [0.5, 0.6) is 0 Å². The number of piperazine rings is 1. The van der Waals surface area contributed by atoms with Crippen molar-refractivity contribution >= 4 is 12.2 Å². The van der Waals surface area contributed by atoms with Crippen LogP contribution in [-0.2, 0) is 9.47 Å². The predicted molar refractivity (Wildman–Crippen MR) is 84.8 cm³/mol. The molecule has 2 atom stereocenters. The highest BCUT2D eigenvalue weighted by molar-refractivity contribution is 5.71. The maximum atomic E-state index is 12.2. The fourth-order valence-electron chi connectivity index (χ4n) is 2.30. The summed E-state index contributed by atoms with van der Waals surface area (Å²) in [6.07, 6.45) is -0.675. The summed E-state index contributed by atoms with van der Waals surface area (Å²) in [5.74, 6) is 0. The van der Waals surface area contributed by atoms with Gasteiger partial charge in [0.15, 0.2) is 0 Å². The maximum Gasteiger partial charge on any atom is 0.410 e. The largest absolute Gasteiger partial charge is 0.444 e. The van der Waals surface area contributed by atoms with Crippen LogP contribution >= 0.6 is 0 Å². The molecule has 2 amide bonds. The van der Waals surface area contributed by atoms with Gasteiger partial charge >= 0.3 is 12.2 Å². The number of hydrogen-bond acceptors (Lipinski definition) is 4. The number of amides is 2. The van der Waals surface area contributed by atoms with Crippen LogP contribution in [0, 0.1) is 0 Å². The summed E-state index contributed by atoms with van der Waals surface area (Å²) in [5, 5.41) is 0. The average Bonchev–Trinajstić information content (AvgIpc) is 2.27. The van der Waals surface area contributed by atoms with E-state index in [-0.39, 0.29) is 24.3 Å². The molecular formula is C16H30N2O4. The third kappa shape index (κ3) is 5.07. The number of carbonyl (C=O) groups is 2. The van der Waals surface area contributed by atoms with E-state index in [0.29, 0.717) is 13.1 Å². The van der Waals surface area contributed by atoms with Crippen molar-refractivity contribution in [2.24, 2.45) is 0 Å². The zero-order valence-corrected chi connectivity index (χ0v) is 15.1. The van der Waals surface area contributed by atoms with Crippen molar-refractivity contribution in [1.82, 2.24) is 9.80 Å². The minimum atomic E-state index is -0.525. The second-order valence-electron chi connectivity index (χ2n) is 7.83. The quantitative estimate of drug-likeness (QED) is 0.688. The van der Waals surface area contributed by atoms with E-state index >= 15 is 0 Å². The zero-order valence-electron chi connectivity index (χ0n) is 15.1. The molecule has 1 heterocycles. The second kappa shape index (κ2) is 6.34. The topological polar surface area (TPSA) is 59.1 Å². The van der Waals surface area contributed by atoms with Crippen LogP contribution in [0.15, 0.2) is 0 Å². The maximum absolute atomic E-state index is 12.2. The highest BCUT2D eigenvalue weighted by Gasteiger charge is 2.38. The van der Waals surface area contributed by atoms with Gasteiger partial charge in [-0.3, -0.25) is 0 Å². The minimum Gasteiger partial charge on any atom is -0.444 e. The summed E-state index contributed by atoms with van der Waals surface area (Å²) in [7, 11) is 0. The summed E-state index contributed by atoms with van der Waals surface area (Å²) < 4.78 is 10.8. The predicted octanol–water partition coefficient (Wildman–Crippen LogP) is 3.25. The van der Waals surface area contributed by atoms with E-state index in [9.17, 15) is 9.59 Å². The molecule has 0 N–H and O–H groups in total. The van der Waals surface area contributed by atoms with Crippen molar-refractivity contribution in [3.05, 3.63) is 0 Å². The van der Waals surface area contributed by atoms with Gasteiger partial charge < -0.3 is 19.3 Å². The van der Waals surface area contributed by atoms with Gasteiger partial charge in [0.1, 0.15) is 11.2 Å². The number of ether oxygens (including phenoxy) is 2. The third-order valence-electron chi connectivity index (χ3n) is 3.52. The summed E-state index contributed by atoms with van der Waals surface area (Å²) >= 11 is 0. The Hall–Kier alpha value is -1.46. The molecule has 0 radical (unpaired) electrons. The Morgan fingerprint density at radius 2 is 1.05 bits per heavy atom. The van der Waals surface area contributed by atoms with Gasteiger partial charge in [0.2, 0.25) is 0 Å². The molecule has 2 unspecified atom stereocenters. The highest BCUT2D eigenvalue weighted by Crippen LogP contribution is 2.22. The van der Waals surface area contributed by atoms with Gasteiger partial charge in [0, 0.05) is 13.1 Å². The van der Waals surface area contributed by atoms with Crippen LogP contribution in [0.1, 0.15) is 55.4 Å². The van der Waals surface area contributed by atoms with Crippen LogP contribution in [-0.4, -0.2) is 58.4 Å². The first-order chi connectivity index (χ1) is 9.82. The van der Waals surface area contributed by atoms with Crippen LogP contribution in [0.2, 0.25) is 0 Å². The van der Waals surface area contributed by atoms with E-state index in [1.165, 1.54) is 0 Å². The van der Waals surface area contributed by atoms with E-state index in [1.54, 1.807) is 9.80 Å². The standard InChI is InChI=1S/C16H30N2O4/c1-11-12(2)18(14(20)22-16(6,7)8)10-9-17(11)13(19)21-15(3,4)5/h11-12H,9-10H2,1-8H3. The van der Waals surface area contributed by atoms with E-state index in [4.69, 9.17) is 9.47 Å². The Balaban J connectivity index is 2.73. The van der Waals surface area contributed by atoms with Gasteiger partial charge in [-0.2, -0.15) is 0 Å². The Kier molecular flexibility index (Phi) is 5.36. The normalized spacial score (nSPS) is 23.3. The van der Waals surface area contributed by atoms with E-state index < -0.39 is 11.2 Å². The Bertz CT molecular complexity index is 383. The molecule has 1 aliphatic rings. The Labute approximate surface area is 133 Å². The van der Waals surface area contributed by atoms with Crippen molar-refractivity contribution in [3.8, 4) is 0 Å². The lowest BCUT2D eigenvalue weighted by molar-refractivity contribution is -0.0274. The van der Waals surface area contributed by atoms with Crippen molar-refractivity contribution in [2.45, 2.75) is 78.7 Å². The molecule has 1 saturated heterocycles. The summed E-state index contributed by atoms with van der Waals surface area (Å²) in [5.41, 5.74) is -1.05. The molecule has 0 saturated carbocycles. The van der Waals surface area contributed by atoms with Crippen molar-refractivity contribution in [3.63, 3.8) is 0 Å². The van der Waals surface area contributed by atoms with Crippen molar-refractivity contribution < 1.29 is 19.1 Å². The van der Waals surface area contributed by atoms with Gasteiger partial charge in [0.05, 0.1) is 12.1 Å². The van der Waals surface area contributed by atoms with E-state index in [0.717, 1.165) is 0 Å². The molecule has 1 aliphatic heterocycles. The molecule has 1 fully saturated rings. The Morgan fingerprint density at radius 1 is 0.773 bits per heavy atom. The number of carbonyl (C=O) groups excluding carboxylic acids is 2. The monoisotopic (exact) mass is 314 g/mol. The fourth-order valence-corrected chi connectivity index (χ4v) is 2.30. The first-order valence-corrected chi connectivity index (χ1v) is 7.81. The minimum absolute atomic E-state index is 0.129. The smallest absolute Gasteiger partial charge is 0.410 e. The van der Waals surface area contributed by atoms with Gasteiger partial charge in [-0.25, -0.2) is 9.59 Å². The van der Waals surface area contributed by atoms with Crippen LogP contribution in [0.25, 0.3) is 0 Å². The molecule has 128 valence electrons. The number of nitrogens with zero attached hydrogens (tertiary/aromatic N) is 2. The molecular weight excluding hydrogens is 284 g/mol. The summed E-state index contributed by atoms with van der Waals surface area (Å²) in [6.45, 7) is 15.8. The molecule has 0 aromatic carbocycles. The Morgan fingerprint density at radius 3 is 1.27 bits per heavy atom. The molecule has 0 bridgehead atoms. The van der Waals surface area contributed by atoms with Gasteiger partial charge in [-0.15, -0.1) is 0 Å². The van der Waals surface area contributed by atoms with E-state index in [1.807, 2.05) is 55.4 Å². The molecule has 6 heteroatoms. The molecule has 0 aliphatic carbocycles. The number of hydrogen-bond donors (Lipinski definition) is 0. The first kappa shape index (κ1) is 18.6. The zero-order chi connectivity index (χ0) is 17.3. The molecule has 0 aromatic rings. The van der Waals surface area contributed by atoms with Crippen molar-refractivity contribution in [1.29, 1.82) is 0 Å². The molecule has 0 spiro atoms. The fraction of sp³-hybridized carbons (Fsp3) is 0.875. The molecule has 22 heavy (non-hydrogen) atoms. The lowest BCUT2D eigenvalue weighted by atomic mass is 10.1. The van der Waals surface area contributed by atoms with Crippen LogP contribution in [0.3, 0.4) is 0 Å². The first-order valence-electron chi connectivity index (χ1n) is 7.81. The molecule has 1 rings (SSSR count). The molecule has 0 aromatic heterocycles. The third-order valence-corrected chi connectivity index (χ3v) is 3.52. The van der Waals surface area contributed by atoms with Gasteiger partial charge in [-0.05, 0) is 55.4 Å². The van der Waals surface area contributed by atoms with Gasteiger partial charge in [-0.1, -0.05) is 0 Å². The molecule has 6 nitrogen and oxygen atoms in total. The number of rotatable bonds is 0. The average molecular weight is 314 g/mol. The van der Waals surface area contributed by atoms with E-state index in [2.05, 4.69) is 0 Å². The highest BCUT2D eigenvalue weighted by atomic mass is 16.6. The SMILES string of the molecule is CC1C(C)N(C(=O)OC(C)(C)C)CCN1C(=O)OC(C)(C)C. The van der Waals surface area contributed by atoms with Crippen LogP contribution < -0.4 is 0 Å². The van der Waals surface area contributed by atoms with Crippen LogP contribution in [0.4, 0.5) is 9.59 Å². The lowest BCUT2D eigenvalue weighted by Gasteiger charge is -2.44. The lowest BCUT2D eigenvalue weighted by Crippen LogP contribution is -2.61. The van der Waals surface area contributed by atoms with Crippen molar-refractivity contribution in [2.75, 3.05) is 13.1 Å². The summed E-state index contributed by atoms with van der Waals surface area (Å²) in [6, 6.07) is -0.257.